The lowest BCUT2D eigenvalue weighted by atomic mass is 9.74. The molecule has 0 saturated carbocycles. The highest BCUT2D eigenvalue weighted by Crippen LogP contribution is 2.42. The summed E-state index contributed by atoms with van der Waals surface area (Å²) in [6, 6.07) is 18.4. The van der Waals surface area contributed by atoms with E-state index >= 15 is 0 Å². The van der Waals surface area contributed by atoms with Crippen molar-refractivity contribution in [2.75, 3.05) is 39.2 Å². The fraction of sp³-hybridized carbons (Fsp3) is 0.324. The number of aliphatic carboxylic acids is 1. The van der Waals surface area contributed by atoms with Crippen molar-refractivity contribution < 1.29 is 19.4 Å². The first-order chi connectivity index (χ1) is 22.3. The first-order valence-corrected chi connectivity index (χ1v) is 15.7. The van der Waals surface area contributed by atoms with Crippen LogP contribution in [0, 0.1) is 12.8 Å². The second-order valence-electron chi connectivity index (χ2n) is 12.2. The van der Waals surface area contributed by atoms with Crippen molar-refractivity contribution in [3.63, 3.8) is 0 Å². The molecule has 0 bridgehead atoms. The quantitative estimate of drug-likeness (QED) is 0.186. The third-order valence-corrected chi connectivity index (χ3v) is 9.14. The van der Waals surface area contributed by atoms with E-state index in [9.17, 15) is 9.90 Å². The van der Waals surface area contributed by atoms with E-state index in [2.05, 4.69) is 73.0 Å². The highest BCUT2D eigenvalue weighted by molar-refractivity contribution is 5.89. The Morgan fingerprint density at radius 1 is 1.17 bits per heavy atom. The molecule has 0 saturated heterocycles. The summed E-state index contributed by atoms with van der Waals surface area (Å²) in [5.74, 6) is 1.24. The summed E-state index contributed by atoms with van der Waals surface area (Å²) in [7, 11) is 3.76. The fourth-order valence-electron chi connectivity index (χ4n) is 6.61. The van der Waals surface area contributed by atoms with E-state index in [1.807, 2.05) is 55.7 Å². The third-order valence-electron chi connectivity index (χ3n) is 9.14. The van der Waals surface area contributed by atoms with Gasteiger partial charge in [0.1, 0.15) is 23.6 Å². The molecule has 1 aliphatic carbocycles. The predicted molar refractivity (Wildman–Crippen MR) is 181 cm³/mol. The Balaban J connectivity index is 1.33. The van der Waals surface area contributed by atoms with Crippen molar-refractivity contribution >= 4 is 28.3 Å². The number of hydrogen-bond acceptors (Lipinski definition) is 8. The first-order valence-electron chi connectivity index (χ1n) is 15.7. The molecule has 3 unspecified atom stereocenters. The van der Waals surface area contributed by atoms with Gasteiger partial charge in [-0.05, 0) is 61.5 Å². The van der Waals surface area contributed by atoms with E-state index in [0.29, 0.717) is 24.8 Å². The van der Waals surface area contributed by atoms with Gasteiger partial charge in [0, 0.05) is 54.3 Å². The minimum atomic E-state index is -0.851. The summed E-state index contributed by atoms with van der Waals surface area (Å²) >= 11 is 0. The highest BCUT2D eigenvalue weighted by atomic mass is 16.5. The van der Waals surface area contributed by atoms with Crippen LogP contribution >= 0.6 is 0 Å². The van der Waals surface area contributed by atoms with Gasteiger partial charge in [0.2, 0.25) is 0 Å². The number of anilines is 1. The van der Waals surface area contributed by atoms with Gasteiger partial charge >= 0.3 is 5.97 Å². The van der Waals surface area contributed by atoms with Crippen LogP contribution in [0.1, 0.15) is 41.6 Å². The SMILES string of the molecule is CNCc1cnc2c(NC3(COc4ccc5c(c4)OCCC5N(C)CC(=O)O)C=CC=C(c4ccccc4C)C3C)nccc2c1. The predicted octanol–water partition coefficient (Wildman–Crippen LogP) is 6.02. The summed E-state index contributed by atoms with van der Waals surface area (Å²) in [6.45, 7) is 5.88. The molecule has 0 amide bonds. The van der Waals surface area contributed by atoms with Crippen molar-refractivity contribution in [2.45, 2.75) is 38.4 Å². The molecule has 3 heterocycles. The van der Waals surface area contributed by atoms with Crippen molar-refractivity contribution in [3.8, 4) is 11.5 Å². The van der Waals surface area contributed by atoms with Crippen LogP contribution in [0.15, 0.2) is 85.2 Å². The number of nitrogens with one attached hydrogen (secondary N) is 2. The zero-order chi connectivity index (χ0) is 32.3. The highest BCUT2D eigenvalue weighted by Gasteiger charge is 2.40. The molecule has 3 atom stereocenters. The molecular formula is C37H41N5O4. The van der Waals surface area contributed by atoms with Crippen LogP contribution in [-0.2, 0) is 11.3 Å². The molecule has 0 radical (unpaired) electrons. The molecule has 1 aliphatic heterocycles. The van der Waals surface area contributed by atoms with E-state index in [-0.39, 0.29) is 18.5 Å². The molecule has 2 aromatic carbocycles. The number of carboxylic acids is 1. The van der Waals surface area contributed by atoms with E-state index < -0.39 is 11.5 Å². The monoisotopic (exact) mass is 619 g/mol. The van der Waals surface area contributed by atoms with Crippen molar-refractivity contribution in [1.82, 2.24) is 20.2 Å². The number of hydrogen-bond donors (Lipinski definition) is 3. The molecule has 6 rings (SSSR count). The lowest BCUT2D eigenvalue weighted by Gasteiger charge is -2.41. The van der Waals surface area contributed by atoms with Crippen molar-refractivity contribution in [1.29, 1.82) is 0 Å². The van der Waals surface area contributed by atoms with Gasteiger partial charge < -0.3 is 25.2 Å². The Bertz CT molecular complexity index is 1800. The largest absolute Gasteiger partial charge is 0.493 e. The standard InChI is InChI=1S/C37H41N5O4/c1-24-8-5-6-9-29(24)30-10-7-15-37(25(30)2,41-36-35-27(13-16-39-36)18-26(20-38-3)21-40-35)23-46-28-11-12-31-32(42(4)22-34(43)44)14-17-45-33(31)19-28/h5-13,15-16,18-19,21,25,32,38H,14,17,20,22-23H2,1-4H3,(H,39,41)(H,43,44). The molecule has 9 nitrogen and oxygen atoms in total. The number of ether oxygens (including phenoxy) is 2. The van der Waals surface area contributed by atoms with E-state index in [1.165, 1.54) is 16.7 Å². The second kappa shape index (κ2) is 13.3. The minimum Gasteiger partial charge on any atom is -0.493 e. The number of benzene rings is 2. The normalized spacial score (nSPS) is 20.6. The average molecular weight is 620 g/mol. The van der Waals surface area contributed by atoms with Gasteiger partial charge in [-0.2, -0.15) is 0 Å². The summed E-state index contributed by atoms with van der Waals surface area (Å²) < 4.78 is 12.6. The molecule has 4 aromatic rings. The summed E-state index contributed by atoms with van der Waals surface area (Å²) in [4.78, 5) is 22.8. The summed E-state index contributed by atoms with van der Waals surface area (Å²) in [5.41, 5.74) is 5.82. The number of likely N-dealkylation sites (N-methyl/N-ethyl adjacent to an activating group) is 1. The Kier molecular flexibility index (Phi) is 9.05. The van der Waals surface area contributed by atoms with Gasteiger partial charge in [-0.3, -0.25) is 14.7 Å². The molecule has 238 valence electrons. The van der Waals surface area contributed by atoms with Gasteiger partial charge in [0.05, 0.1) is 18.7 Å². The topological polar surface area (TPSA) is 109 Å². The molecule has 9 heteroatoms. The van der Waals surface area contributed by atoms with Crippen LogP contribution in [0.3, 0.4) is 0 Å². The van der Waals surface area contributed by atoms with Gasteiger partial charge in [-0.1, -0.05) is 55.5 Å². The number of carbonyl (C=O) groups is 1. The maximum atomic E-state index is 11.4. The number of allylic oxidation sites excluding steroid dienone is 2. The Labute approximate surface area is 270 Å². The van der Waals surface area contributed by atoms with Gasteiger partial charge in [-0.25, -0.2) is 4.98 Å². The number of carboxylic acid groups (broad SMARTS) is 1. The fourth-order valence-corrected chi connectivity index (χ4v) is 6.61. The molecule has 46 heavy (non-hydrogen) atoms. The van der Waals surface area contributed by atoms with Crippen LogP contribution in [-0.4, -0.2) is 65.3 Å². The lowest BCUT2D eigenvalue weighted by Crippen LogP contribution is -2.49. The maximum Gasteiger partial charge on any atom is 0.317 e. The van der Waals surface area contributed by atoms with E-state index in [0.717, 1.165) is 40.7 Å². The molecular weight excluding hydrogens is 578 g/mol. The van der Waals surface area contributed by atoms with Gasteiger partial charge in [0.15, 0.2) is 5.82 Å². The number of aromatic nitrogens is 2. The molecule has 2 aromatic heterocycles. The van der Waals surface area contributed by atoms with Crippen LogP contribution in [0.5, 0.6) is 11.5 Å². The van der Waals surface area contributed by atoms with Gasteiger partial charge in [-0.15, -0.1) is 0 Å². The second-order valence-corrected chi connectivity index (χ2v) is 12.2. The Hall–Kier alpha value is -4.73. The molecule has 2 aliphatic rings. The third kappa shape index (κ3) is 6.34. The van der Waals surface area contributed by atoms with Crippen LogP contribution in [0.4, 0.5) is 5.82 Å². The Morgan fingerprint density at radius 2 is 2.02 bits per heavy atom. The van der Waals surface area contributed by atoms with Crippen molar-refractivity contribution in [2.24, 2.45) is 5.92 Å². The van der Waals surface area contributed by atoms with Crippen LogP contribution in [0.2, 0.25) is 0 Å². The zero-order valence-corrected chi connectivity index (χ0v) is 26.8. The number of nitrogens with zero attached hydrogens (tertiary/aromatic N) is 3. The van der Waals surface area contributed by atoms with E-state index in [4.69, 9.17) is 19.4 Å². The number of pyridine rings is 2. The first kappa shape index (κ1) is 31.3. The van der Waals surface area contributed by atoms with Gasteiger partial charge in [0.25, 0.3) is 0 Å². The van der Waals surface area contributed by atoms with Crippen molar-refractivity contribution in [3.05, 3.63) is 107 Å². The zero-order valence-electron chi connectivity index (χ0n) is 26.8. The lowest BCUT2D eigenvalue weighted by molar-refractivity contribution is -0.138. The summed E-state index contributed by atoms with van der Waals surface area (Å²) in [6.07, 6.45) is 10.9. The van der Waals surface area contributed by atoms with E-state index in [1.54, 1.807) is 0 Å². The smallest absolute Gasteiger partial charge is 0.317 e. The molecule has 3 N–H and O–H groups in total. The average Bonchev–Trinajstić information content (AvgIpc) is 3.05. The molecule has 0 spiro atoms. The number of aryl methyl sites for hydroxylation is 1. The number of rotatable bonds is 11. The summed E-state index contributed by atoms with van der Waals surface area (Å²) in [5, 5.41) is 17.3. The Morgan fingerprint density at radius 3 is 2.83 bits per heavy atom. The molecule has 0 fully saturated rings. The minimum absolute atomic E-state index is 0.00199. The number of fused-ring (bicyclic) bond motifs is 2. The maximum absolute atomic E-state index is 11.4. The van der Waals surface area contributed by atoms with Crippen LogP contribution < -0.4 is 20.1 Å². The van der Waals surface area contributed by atoms with Crippen LogP contribution in [0.25, 0.3) is 16.5 Å².